The predicted molar refractivity (Wildman–Crippen MR) is 140 cm³/mol. The van der Waals surface area contributed by atoms with Crippen LogP contribution in [0.5, 0.6) is 11.5 Å². The highest BCUT2D eigenvalue weighted by Crippen LogP contribution is 2.32. The van der Waals surface area contributed by atoms with Gasteiger partial charge in [-0.15, -0.1) is 24.8 Å². The number of carbonyl (C=O) groups excluding carboxylic acids is 1. The van der Waals surface area contributed by atoms with Crippen molar-refractivity contribution in [2.24, 2.45) is 0 Å². The van der Waals surface area contributed by atoms with Gasteiger partial charge >= 0.3 is 0 Å². The predicted octanol–water partition coefficient (Wildman–Crippen LogP) is 4.79. The van der Waals surface area contributed by atoms with Gasteiger partial charge < -0.3 is 23.7 Å². The lowest BCUT2D eigenvalue weighted by Gasteiger charge is -2.22. The number of furan rings is 1. The maximum absolute atomic E-state index is 12.8. The summed E-state index contributed by atoms with van der Waals surface area (Å²) in [5.74, 6) is 2.60. The smallest absolute Gasteiger partial charge is 0.227 e. The van der Waals surface area contributed by atoms with E-state index in [2.05, 4.69) is 24.1 Å². The van der Waals surface area contributed by atoms with Crippen LogP contribution in [0.4, 0.5) is 0 Å². The van der Waals surface area contributed by atoms with Crippen molar-refractivity contribution in [1.82, 2.24) is 9.80 Å². The molecule has 6 nitrogen and oxygen atoms in total. The summed E-state index contributed by atoms with van der Waals surface area (Å²) in [7, 11) is 5.39. The fourth-order valence-electron chi connectivity index (χ4n) is 4.36. The Morgan fingerprint density at radius 2 is 1.71 bits per heavy atom. The van der Waals surface area contributed by atoms with E-state index >= 15 is 0 Å². The van der Waals surface area contributed by atoms with Gasteiger partial charge in [-0.25, -0.2) is 0 Å². The van der Waals surface area contributed by atoms with Crippen LogP contribution in [0.2, 0.25) is 0 Å². The number of amides is 1. The van der Waals surface area contributed by atoms with E-state index in [4.69, 9.17) is 13.9 Å². The molecule has 1 aliphatic rings. The van der Waals surface area contributed by atoms with E-state index in [9.17, 15) is 4.79 Å². The summed E-state index contributed by atoms with van der Waals surface area (Å²) < 4.78 is 16.7. The van der Waals surface area contributed by atoms with Gasteiger partial charge in [0, 0.05) is 31.4 Å². The second-order valence-corrected chi connectivity index (χ2v) is 8.44. The first-order chi connectivity index (χ1) is 15.6. The maximum Gasteiger partial charge on any atom is 0.227 e. The Hall–Kier alpha value is -2.41. The fraction of sp³-hybridized carbons (Fsp3) is 0.423. The standard InChI is InChI=1S/C26H32N2O4.2ClH/c1-27(13-10-22-15-20-7-4-5-8-23(20)32-22)11-6-12-28-14-9-19-16-24(30-2)25(31-3)17-21(19)18-26(28)29;;/h4-5,7-8,15-17H,6,9-14,18H2,1-3H3;2*1H. The number of carbonyl (C=O) groups is 1. The van der Waals surface area contributed by atoms with Crippen LogP contribution in [0.15, 0.2) is 46.9 Å². The van der Waals surface area contributed by atoms with Crippen molar-refractivity contribution in [2.75, 3.05) is 47.4 Å². The number of fused-ring (bicyclic) bond motifs is 2. The van der Waals surface area contributed by atoms with Gasteiger partial charge in [0.25, 0.3) is 0 Å². The van der Waals surface area contributed by atoms with Gasteiger partial charge in [-0.2, -0.15) is 0 Å². The lowest BCUT2D eigenvalue weighted by atomic mass is 10.0. The molecular weight excluding hydrogens is 475 g/mol. The largest absolute Gasteiger partial charge is 0.493 e. The summed E-state index contributed by atoms with van der Waals surface area (Å²) in [5, 5.41) is 1.15. The lowest BCUT2D eigenvalue weighted by molar-refractivity contribution is -0.130. The van der Waals surface area contributed by atoms with Crippen molar-refractivity contribution in [3.05, 3.63) is 59.4 Å². The molecule has 34 heavy (non-hydrogen) atoms. The normalized spacial score (nSPS) is 13.2. The van der Waals surface area contributed by atoms with Crippen LogP contribution in [-0.4, -0.2) is 63.2 Å². The molecule has 0 bridgehead atoms. The number of halogens is 2. The molecule has 0 atom stereocenters. The first kappa shape index (κ1) is 27.8. The van der Waals surface area contributed by atoms with Crippen LogP contribution in [0.1, 0.15) is 23.3 Å². The van der Waals surface area contributed by atoms with E-state index in [1.165, 1.54) is 5.56 Å². The number of methoxy groups -OCH3 is 2. The van der Waals surface area contributed by atoms with Crippen molar-refractivity contribution >= 4 is 41.7 Å². The third kappa shape index (κ3) is 6.59. The van der Waals surface area contributed by atoms with Crippen LogP contribution < -0.4 is 9.47 Å². The van der Waals surface area contributed by atoms with Gasteiger partial charge in [-0.1, -0.05) is 18.2 Å². The quantitative estimate of drug-likeness (QED) is 0.416. The molecule has 2 heterocycles. The van der Waals surface area contributed by atoms with Gasteiger partial charge in [-0.3, -0.25) is 4.79 Å². The van der Waals surface area contributed by atoms with Gasteiger partial charge in [0.1, 0.15) is 11.3 Å². The third-order valence-corrected chi connectivity index (χ3v) is 6.24. The Balaban J connectivity index is 0.00000204. The van der Waals surface area contributed by atoms with E-state index in [0.717, 1.165) is 73.5 Å². The fourth-order valence-corrected chi connectivity index (χ4v) is 4.36. The zero-order chi connectivity index (χ0) is 22.5. The number of ether oxygens (including phenoxy) is 2. The number of benzene rings is 2. The topological polar surface area (TPSA) is 55.2 Å². The van der Waals surface area contributed by atoms with E-state index in [1.807, 2.05) is 35.2 Å². The van der Waals surface area contributed by atoms with E-state index < -0.39 is 0 Å². The van der Waals surface area contributed by atoms with Crippen molar-refractivity contribution in [3.8, 4) is 11.5 Å². The third-order valence-electron chi connectivity index (χ3n) is 6.24. The summed E-state index contributed by atoms with van der Waals surface area (Å²) in [5.41, 5.74) is 3.15. The van der Waals surface area contributed by atoms with Crippen molar-refractivity contribution < 1.29 is 18.7 Å². The minimum atomic E-state index is 0. The molecule has 0 saturated heterocycles. The Morgan fingerprint density at radius 1 is 1.00 bits per heavy atom. The molecule has 186 valence electrons. The number of hydrogen-bond acceptors (Lipinski definition) is 5. The minimum Gasteiger partial charge on any atom is -0.493 e. The van der Waals surface area contributed by atoms with Gasteiger partial charge in [0.15, 0.2) is 11.5 Å². The van der Waals surface area contributed by atoms with Gasteiger partial charge in [0.05, 0.1) is 20.6 Å². The van der Waals surface area contributed by atoms with Gasteiger partial charge in [-0.05, 0) is 61.8 Å². The SMILES string of the molecule is COc1cc2c(cc1OC)CC(=O)N(CCCN(C)CCc1cc3ccccc3o1)CC2.Cl.Cl. The van der Waals surface area contributed by atoms with E-state index in [-0.39, 0.29) is 30.7 Å². The Kier molecular flexibility index (Phi) is 10.5. The highest BCUT2D eigenvalue weighted by atomic mass is 35.5. The molecule has 3 aromatic rings. The molecule has 0 spiro atoms. The second kappa shape index (κ2) is 12.9. The summed E-state index contributed by atoms with van der Waals surface area (Å²) in [6, 6.07) is 14.2. The highest BCUT2D eigenvalue weighted by Gasteiger charge is 2.22. The summed E-state index contributed by atoms with van der Waals surface area (Å²) in [6.07, 6.45) is 3.08. The molecule has 0 fully saturated rings. The van der Waals surface area contributed by atoms with E-state index in [1.54, 1.807) is 14.2 Å². The van der Waals surface area contributed by atoms with Crippen LogP contribution in [0, 0.1) is 0 Å². The second-order valence-electron chi connectivity index (χ2n) is 8.44. The van der Waals surface area contributed by atoms with Crippen molar-refractivity contribution in [2.45, 2.75) is 25.7 Å². The average molecular weight is 509 g/mol. The Morgan fingerprint density at radius 3 is 2.41 bits per heavy atom. The van der Waals surface area contributed by atoms with Crippen LogP contribution in [-0.2, 0) is 24.1 Å². The molecular formula is C26H34Cl2N2O4. The molecule has 0 radical (unpaired) electrons. The number of likely N-dealkylation sites (N-methyl/N-ethyl adjacent to an activating group) is 1. The molecule has 1 amide bonds. The zero-order valence-electron chi connectivity index (χ0n) is 20.0. The zero-order valence-corrected chi connectivity index (χ0v) is 21.7. The number of rotatable bonds is 9. The van der Waals surface area contributed by atoms with Crippen LogP contribution in [0.25, 0.3) is 11.0 Å². The molecule has 1 aromatic heterocycles. The van der Waals surface area contributed by atoms with Crippen LogP contribution >= 0.6 is 24.8 Å². The lowest BCUT2D eigenvalue weighted by Crippen LogP contribution is -2.35. The molecule has 0 aliphatic carbocycles. The molecule has 1 aliphatic heterocycles. The molecule has 0 unspecified atom stereocenters. The summed E-state index contributed by atoms with van der Waals surface area (Å²) >= 11 is 0. The average Bonchev–Trinajstić information content (AvgIpc) is 3.16. The molecule has 0 N–H and O–H groups in total. The van der Waals surface area contributed by atoms with Crippen LogP contribution in [0.3, 0.4) is 0 Å². The van der Waals surface area contributed by atoms with Crippen molar-refractivity contribution in [3.63, 3.8) is 0 Å². The first-order valence-corrected chi connectivity index (χ1v) is 11.2. The molecule has 4 rings (SSSR count). The highest BCUT2D eigenvalue weighted by molar-refractivity contribution is 5.85. The Labute approximate surface area is 214 Å². The minimum absolute atomic E-state index is 0. The maximum atomic E-state index is 12.8. The molecule has 2 aromatic carbocycles. The summed E-state index contributed by atoms with van der Waals surface area (Å²) in [6.45, 7) is 3.39. The number of hydrogen-bond donors (Lipinski definition) is 0. The van der Waals surface area contributed by atoms with E-state index in [0.29, 0.717) is 12.2 Å². The van der Waals surface area contributed by atoms with Gasteiger partial charge in [0.2, 0.25) is 5.91 Å². The van der Waals surface area contributed by atoms with Crippen molar-refractivity contribution in [1.29, 1.82) is 0 Å². The first-order valence-electron chi connectivity index (χ1n) is 11.2. The molecule has 0 saturated carbocycles. The number of para-hydroxylation sites is 1. The Bertz CT molecular complexity index is 1050. The number of nitrogens with zero attached hydrogens (tertiary/aromatic N) is 2. The summed E-state index contributed by atoms with van der Waals surface area (Å²) in [4.78, 5) is 17.1. The molecule has 8 heteroatoms. The monoisotopic (exact) mass is 508 g/mol.